The monoisotopic (exact) mass is 514 g/mol. The Kier molecular flexibility index (Phi) is 4.65. The number of amides is 3. The summed E-state index contributed by atoms with van der Waals surface area (Å²) in [4.78, 5) is 45.9. The standard InChI is InChI=1S/C28H20ClFN4O3/c29-18-12-15(9-10-19(18)30)34-25(35)23-22(11-14-13-31-20-7-3-1-5-16(14)20)33-28(24(23)26(34)36)17-6-2-4-8-21(17)32-27(28)37/h1-10,12-13,22-24,31,33H,11H2,(H,32,37)/t22-,23+,24-,28+/m0/s1. The largest absolute Gasteiger partial charge is 0.361 e. The number of anilines is 2. The molecule has 0 unspecified atom stereocenters. The molecule has 4 heterocycles. The Bertz CT molecular complexity index is 1650. The van der Waals surface area contributed by atoms with Crippen molar-refractivity contribution < 1.29 is 18.8 Å². The Hall–Kier alpha value is -4.01. The number of aromatic amines is 1. The van der Waals surface area contributed by atoms with Crippen LogP contribution < -0.4 is 15.5 Å². The molecule has 7 nitrogen and oxygen atoms in total. The third kappa shape index (κ3) is 2.94. The zero-order valence-corrected chi connectivity index (χ0v) is 20.1. The van der Waals surface area contributed by atoms with E-state index in [-0.39, 0.29) is 16.6 Å². The molecule has 0 saturated carbocycles. The van der Waals surface area contributed by atoms with Crippen LogP contribution in [0, 0.1) is 17.7 Å². The first-order chi connectivity index (χ1) is 17.9. The Morgan fingerprint density at radius 3 is 2.59 bits per heavy atom. The highest BCUT2D eigenvalue weighted by molar-refractivity contribution is 6.32. The summed E-state index contributed by atoms with van der Waals surface area (Å²) in [5.74, 6) is -3.78. The predicted molar refractivity (Wildman–Crippen MR) is 137 cm³/mol. The summed E-state index contributed by atoms with van der Waals surface area (Å²) >= 11 is 5.99. The van der Waals surface area contributed by atoms with Crippen LogP contribution in [0.5, 0.6) is 0 Å². The number of aromatic nitrogens is 1. The van der Waals surface area contributed by atoms with E-state index in [1.165, 1.54) is 12.1 Å². The maximum absolute atomic E-state index is 14.0. The van der Waals surface area contributed by atoms with Crippen molar-refractivity contribution in [1.82, 2.24) is 10.3 Å². The number of carbonyl (C=O) groups excluding carboxylic acids is 3. The lowest BCUT2D eigenvalue weighted by atomic mass is 9.76. The van der Waals surface area contributed by atoms with Crippen LogP contribution in [-0.4, -0.2) is 28.7 Å². The SMILES string of the molecule is O=C1[C@@H]2[C@H](Cc3c[nH]c4ccccc34)N[C@@]3(C(=O)Nc4ccccc43)[C@@H]2C(=O)N1c1ccc(F)c(Cl)c1. The van der Waals surface area contributed by atoms with Crippen molar-refractivity contribution in [1.29, 1.82) is 0 Å². The van der Waals surface area contributed by atoms with Gasteiger partial charge in [-0.05, 0) is 42.3 Å². The minimum Gasteiger partial charge on any atom is -0.361 e. The summed E-state index contributed by atoms with van der Waals surface area (Å²) in [5.41, 5.74) is 1.94. The van der Waals surface area contributed by atoms with Crippen LogP contribution in [0.1, 0.15) is 11.1 Å². The molecular weight excluding hydrogens is 495 g/mol. The molecule has 37 heavy (non-hydrogen) atoms. The summed E-state index contributed by atoms with van der Waals surface area (Å²) in [7, 11) is 0. The number of H-pyrrole nitrogens is 1. The third-order valence-corrected chi connectivity index (χ3v) is 8.19. The fourth-order valence-electron chi connectivity index (χ4n) is 6.35. The van der Waals surface area contributed by atoms with Crippen LogP contribution in [0.2, 0.25) is 5.02 Å². The molecule has 7 rings (SSSR count). The average Bonchev–Trinajstić information content (AvgIpc) is 3.60. The molecule has 9 heteroatoms. The molecule has 3 aromatic carbocycles. The lowest BCUT2D eigenvalue weighted by Gasteiger charge is -2.29. The molecule has 3 amide bonds. The molecule has 1 aromatic heterocycles. The molecule has 2 saturated heterocycles. The number of rotatable bonds is 3. The highest BCUT2D eigenvalue weighted by Gasteiger charge is 2.70. The molecule has 4 aromatic rings. The van der Waals surface area contributed by atoms with E-state index in [9.17, 15) is 18.8 Å². The quantitative estimate of drug-likeness (QED) is 0.358. The first-order valence-electron chi connectivity index (χ1n) is 12.0. The lowest BCUT2D eigenvalue weighted by Crippen LogP contribution is -2.53. The number of hydrogen-bond acceptors (Lipinski definition) is 4. The van der Waals surface area contributed by atoms with Crippen molar-refractivity contribution in [3.05, 3.63) is 94.9 Å². The van der Waals surface area contributed by atoms with Crippen molar-refractivity contribution in [2.75, 3.05) is 10.2 Å². The van der Waals surface area contributed by atoms with Crippen molar-refractivity contribution in [2.45, 2.75) is 18.0 Å². The van der Waals surface area contributed by atoms with Crippen LogP contribution in [0.25, 0.3) is 10.9 Å². The molecule has 0 aliphatic carbocycles. The van der Waals surface area contributed by atoms with Crippen molar-refractivity contribution >= 4 is 51.6 Å². The van der Waals surface area contributed by atoms with Crippen molar-refractivity contribution in [3.8, 4) is 0 Å². The van der Waals surface area contributed by atoms with E-state index in [0.29, 0.717) is 17.7 Å². The molecule has 3 N–H and O–H groups in total. The van der Waals surface area contributed by atoms with Crippen LogP contribution in [0.3, 0.4) is 0 Å². The van der Waals surface area contributed by atoms with Gasteiger partial charge in [0.1, 0.15) is 11.4 Å². The Labute approximate surface area is 215 Å². The molecule has 3 aliphatic heterocycles. The second-order valence-corrected chi connectivity index (χ2v) is 10.1. The van der Waals surface area contributed by atoms with Gasteiger partial charge in [-0.2, -0.15) is 0 Å². The van der Waals surface area contributed by atoms with E-state index >= 15 is 0 Å². The molecule has 184 valence electrons. The summed E-state index contributed by atoms with van der Waals surface area (Å²) in [6, 6.07) is 18.3. The molecule has 1 spiro atoms. The number of nitrogens with one attached hydrogen (secondary N) is 3. The third-order valence-electron chi connectivity index (χ3n) is 7.90. The van der Waals surface area contributed by atoms with E-state index < -0.39 is 41.0 Å². The summed E-state index contributed by atoms with van der Waals surface area (Å²) < 4.78 is 13.9. The number of imide groups is 1. The number of fused-ring (bicyclic) bond motifs is 5. The van der Waals surface area contributed by atoms with Gasteiger partial charge in [0.05, 0.1) is 22.5 Å². The Balaban J connectivity index is 1.38. The van der Waals surface area contributed by atoms with Gasteiger partial charge in [0.2, 0.25) is 17.7 Å². The molecule has 3 aliphatic rings. The van der Waals surface area contributed by atoms with Gasteiger partial charge < -0.3 is 10.3 Å². The van der Waals surface area contributed by atoms with Gasteiger partial charge in [0, 0.05) is 34.4 Å². The normalized spacial score (nSPS) is 26.3. The summed E-state index contributed by atoms with van der Waals surface area (Å²) in [5, 5.41) is 7.17. The topological polar surface area (TPSA) is 94.3 Å². The average molecular weight is 515 g/mol. The fourth-order valence-corrected chi connectivity index (χ4v) is 6.52. The minimum absolute atomic E-state index is 0.184. The number of benzene rings is 3. The van der Waals surface area contributed by atoms with Gasteiger partial charge in [0.15, 0.2) is 0 Å². The molecule has 4 atom stereocenters. The summed E-state index contributed by atoms with van der Waals surface area (Å²) in [6.07, 6.45) is 2.31. The number of carbonyl (C=O) groups is 3. The zero-order valence-electron chi connectivity index (χ0n) is 19.3. The minimum atomic E-state index is -1.41. The van der Waals surface area contributed by atoms with E-state index in [4.69, 9.17) is 11.6 Å². The van der Waals surface area contributed by atoms with Crippen LogP contribution in [0.15, 0.2) is 72.9 Å². The van der Waals surface area contributed by atoms with Crippen LogP contribution >= 0.6 is 11.6 Å². The van der Waals surface area contributed by atoms with E-state index in [2.05, 4.69) is 15.6 Å². The number of halogens is 2. The molecule has 2 fully saturated rings. The Morgan fingerprint density at radius 1 is 0.973 bits per heavy atom. The van der Waals surface area contributed by atoms with Gasteiger partial charge in [0.25, 0.3) is 0 Å². The first kappa shape index (κ1) is 22.2. The number of hydrogen-bond donors (Lipinski definition) is 3. The van der Waals surface area contributed by atoms with Gasteiger partial charge in [-0.3, -0.25) is 19.7 Å². The number of para-hydroxylation sites is 2. The van der Waals surface area contributed by atoms with E-state index in [1.54, 1.807) is 12.1 Å². The van der Waals surface area contributed by atoms with Gasteiger partial charge in [-0.1, -0.05) is 48.0 Å². The highest BCUT2D eigenvalue weighted by atomic mass is 35.5. The van der Waals surface area contributed by atoms with Crippen molar-refractivity contribution in [2.24, 2.45) is 11.8 Å². The van der Waals surface area contributed by atoms with Crippen molar-refractivity contribution in [3.63, 3.8) is 0 Å². The maximum Gasteiger partial charge on any atom is 0.250 e. The summed E-state index contributed by atoms with van der Waals surface area (Å²) in [6.45, 7) is 0. The van der Waals surface area contributed by atoms with Gasteiger partial charge in [-0.15, -0.1) is 0 Å². The highest BCUT2D eigenvalue weighted by Crippen LogP contribution is 2.54. The van der Waals surface area contributed by atoms with E-state index in [0.717, 1.165) is 27.4 Å². The second kappa shape index (κ2) is 7.74. The number of nitrogens with zero attached hydrogens (tertiary/aromatic N) is 1. The fraction of sp³-hybridized carbons (Fsp3) is 0.179. The second-order valence-electron chi connectivity index (χ2n) is 9.74. The zero-order chi connectivity index (χ0) is 25.5. The van der Waals surface area contributed by atoms with Gasteiger partial charge >= 0.3 is 0 Å². The molecular formula is C28H20ClFN4O3. The maximum atomic E-state index is 14.0. The molecule has 0 radical (unpaired) electrons. The first-order valence-corrected chi connectivity index (χ1v) is 12.3. The predicted octanol–water partition coefficient (Wildman–Crippen LogP) is 4.13. The van der Waals surface area contributed by atoms with E-state index in [1.807, 2.05) is 42.6 Å². The van der Waals surface area contributed by atoms with Crippen LogP contribution in [-0.2, 0) is 26.3 Å². The Morgan fingerprint density at radius 2 is 1.76 bits per heavy atom. The molecule has 0 bridgehead atoms. The van der Waals surface area contributed by atoms with Gasteiger partial charge in [-0.25, -0.2) is 9.29 Å². The lowest BCUT2D eigenvalue weighted by molar-refractivity contribution is -0.130. The van der Waals surface area contributed by atoms with Crippen LogP contribution in [0.4, 0.5) is 15.8 Å². The smallest absolute Gasteiger partial charge is 0.250 e.